The first-order valence-electron chi connectivity index (χ1n) is 9.00. The Morgan fingerprint density at radius 2 is 1.75 bits per heavy atom. The second kappa shape index (κ2) is 8.47. The van der Waals surface area contributed by atoms with Crippen molar-refractivity contribution in [3.8, 4) is 0 Å². The van der Waals surface area contributed by atoms with E-state index in [0.717, 1.165) is 16.9 Å². The van der Waals surface area contributed by atoms with Gasteiger partial charge in [-0.2, -0.15) is 0 Å². The van der Waals surface area contributed by atoms with E-state index in [0.29, 0.717) is 11.4 Å². The average Bonchev–Trinajstić information content (AvgIpc) is 3.04. The van der Waals surface area contributed by atoms with Crippen molar-refractivity contribution in [1.82, 2.24) is 0 Å². The van der Waals surface area contributed by atoms with Crippen LogP contribution in [0.2, 0.25) is 0 Å². The van der Waals surface area contributed by atoms with Gasteiger partial charge in [-0.15, -0.1) is 0 Å². The molecule has 2 aromatic rings. The predicted molar refractivity (Wildman–Crippen MR) is 103 cm³/mol. The third-order valence-electron chi connectivity index (χ3n) is 4.40. The van der Waals surface area contributed by atoms with E-state index in [2.05, 4.69) is 5.32 Å². The largest absolute Gasteiger partial charge is 0.452 e. The standard InChI is InChI=1S/C21H20N2O5/c1-2-14-6-3-4-9-17(14)22-18(24)13-28-21(27)15-7-5-8-16(12-15)23-19(25)10-11-20(23)26/h3-9,12H,2,10-11,13H2,1H3,(H,22,24). The molecule has 0 atom stereocenters. The summed E-state index contributed by atoms with van der Waals surface area (Å²) in [6.45, 7) is 1.54. The van der Waals surface area contributed by atoms with Gasteiger partial charge in [0, 0.05) is 18.5 Å². The van der Waals surface area contributed by atoms with Gasteiger partial charge in [-0.3, -0.25) is 19.3 Å². The van der Waals surface area contributed by atoms with Crippen LogP contribution in [0.3, 0.4) is 0 Å². The molecule has 0 saturated carbocycles. The van der Waals surface area contributed by atoms with Crippen LogP contribution in [0.4, 0.5) is 11.4 Å². The number of esters is 1. The van der Waals surface area contributed by atoms with Gasteiger partial charge in [0.05, 0.1) is 11.3 Å². The van der Waals surface area contributed by atoms with E-state index in [1.807, 2.05) is 25.1 Å². The first-order chi connectivity index (χ1) is 13.5. The number of carbonyl (C=O) groups is 4. The first-order valence-corrected chi connectivity index (χ1v) is 9.00. The SMILES string of the molecule is CCc1ccccc1NC(=O)COC(=O)c1cccc(N2C(=O)CCC2=O)c1. The summed E-state index contributed by atoms with van der Waals surface area (Å²) in [7, 11) is 0. The fourth-order valence-electron chi connectivity index (χ4n) is 2.99. The van der Waals surface area contributed by atoms with Crippen molar-refractivity contribution >= 4 is 35.1 Å². The summed E-state index contributed by atoms with van der Waals surface area (Å²) >= 11 is 0. The Morgan fingerprint density at radius 1 is 1.04 bits per heavy atom. The fourth-order valence-corrected chi connectivity index (χ4v) is 2.99. The number of benzene rings is 2. The van der Waals surface area contributed by atoms with Crippen LogP contribution in [0.5, 0.6) is 0 Å². The van der Waals surface area contributed by atoms with Gasteiger partial charge >= 0.3 is 5.97 Å². The van der Waals surface area contributed by atoms with E-state index in [9.17, 15) is 19.2 Å². The monoisotopic (exact) mass is 380 g/mol. The lowest BCUT2D eigenvalue weighted by Crippen LogP contribution is -2.28. The second-order valence-electron chi connectivity index (χ2n) is 6.31. The lowest BCUT2D eigenvalue weighted by Gasteiger charge is -2.14. The molecule has 0 radical (unpaired) electrons. The van der Waals surface area contributed by atoms with Crippen LogP contribution in [-0.2, 0) is 25.5 Å². The molecular weight excluding hydrogens is 360 g/mol. The number of nitrogens with one attached hydrogen (secondary N) is 1. The van der Waals surface area contributed by atoms with Gasteiger partial charge < -0.3 is 10.1 Å². The van der Waals surface area contributed by atoms with Crippen LogP contribution < -0.4 is 10.2 Å². The summed E-state index contributed by atoms with van der Waals surface area (Å²) in [4.78, 5) is 49.1. The smallest absolute Gasteiger partial charge is 0.338 e. The number of carbonyl (C=O) groups excluding carboxylic acids is 4. The van der Waals surface area contributed by atoms with Crippen molar-refractivity contribution in [1.29, 1.82) is 0 Å². The van der Waals surface area contributed by atoms with Crippen molar-refractivity contribution in [2.24, 2.45) is 0 Å². The van der Waals surface area contributed by atoms with Gasteiger partial charge in [-0.1, -0.05) is 31.2 Å². The third-order valence-corrected chi connectivity index (χ3v) is 4.40. The molecule has 1 aliphatic rings. The Morgan fingerprint density at radius 3 is 2.46 bits per heavy atom. The van der Waals surface area contributed by atoms with Gasteiger partial charge in [0.1, 0.15) is 0 Å². The number of hydrogen-bond donors (Lipinski definition) is 1. The van der Waals surface area contributed by atoms with Crippen molar-refractivity contribution in [3.63, 3.8) is 0 Å². The van der Waals surface area contributed by atoms with E-state index in [-0.39, 0.29) is 30.2 Å². The first kappa shape index (κ1) is 19.3. The molecular formula is C21H20N2O5. The Hall–Kier alpha value is -3.48. The van der Waals surface area contributed by atoms with Crippen LogP contribution in [0.15, 0.2) is 48.5 Å². The number of ether oxygens (including phenoxy) is 1. The molecule has 1 saturated heterocycles. The quantitative estimate of drug-likeness (QED) is 0.614. The molecule has 0 unspecified atom stereocenters. The highest BCUT2D eigenvalue weighted by Gasteiger charge is 2.30. The average molecular weight is 380 g/mol. The van der Waals surface area contributed by atoms with Crippen LogP contribution in [-0.4, -0.2) is 30.3 Å². The zero-order valence-corrected chi connectivity index (χ0v) is 15.4. The molecule has 3 amide bonds. The Balaban J connectivity index is 1.62. The van der Waals surface area contributed by atoms with Gasteiger partial charge in [-0.05, 0) is 36.2 Å². The number of aryl methyl sites for hydroxylation is 1. The second-order valence-corrected chi connectivity index (χ2v) is 6.31. The zero-order valence-electron chi connectivity index (χ0n) is 15.4. The molecule has 1 fully saturated rings. The molecule has 2 aromatic carbocycles. The van der Waals surface area contributed by atoms with Crippen LogP contribution in [0.1, 0.15) is 35.7 Å². The zero-order chi connectivity index (χ0) is 20.1. The molecule has 0 aliphatic carbocycles. The van der Waals surface area contributed by atoms with E-state index in [1.165, 1.54) is 12.1 Å². The molecule has 1 N–H and O–H groups in total. The summed E-state index contributed by atoms with van der Waals surface area (Å²) in [5.74, 6) is -1.76. The van der Waals surface area contributed by atoms with Crippen molar-refractivity contribution in [2.75, 3.05) is 16.8 Å². The number of rotatable bonds is 6. The number of para-hydroxylation sites is 1. The summed E-state index contributed by atoms with van der Waals surface area (Å²) in [6, 6.07) is 13.4. The number of hydrogen-bond acceptors (Lipinski definition) is 5. The number of imide groups is 1. The maximum Gasteiger partial charge on any atom is 0.338 e. The summed E-state index contributed by atoms with van der Waals surface area (Å²) in [6.07, 6.45) is 1.08. The maximum absolute atomic E-state index is 12.3. The van der Waals surface area contributed by atoms with Crippen molar-refractivity contribution in [3.05, 3.63) is 59.7 Å². The molecule has 0 spiro atoms. The van der Waals surface area contributed by atoms with Crippen LogP contribution in [0, 0.1) is 0 Å². The molecule has 3 rings (SSSR count). The maximum atomic E-state index is 12.3. The molecule has 0 aromatic heterocycles. The highest BCUT2D eigenvalue weighted by molar-refractivity contribution is 6.20. The van der Waals surface area contributed by atoms with E-state index in [4.69, 9.17) is 4.74 Å². The van der Waals surface area contributed by atoms with Crippen LogP contribution >= 0.6 is 0 Å². The number of amides is 3. The normalized spacial score (nSPS) is 13.5. The topological polar surface area (TPSA) is 92.8 Å². The van der Waals surface area contributed by atoms with E-state index in [1.54, 1.807) is 18.2 Å². The molecule has 144 valence electrons. The molecule has 1 aliphatic heterocycles. The molecule has 0 bridgehead atoms. The number of nitrogens with zero attached hydrogens (tertiary/aromatic N) is 1. The third kappa shape index (κ3) is 4.25. The van der Waals surface area contributed by atoms with Gasteiger partial charge in [0.2, 0.25) is 11.8 Å². The van der Waals surface area contributed by atoms with Gasteiger partial charge in [0.25, 0.3) is 5.91 Å². The van der Waals surface area contributed by atoms with Crippen LogP contribution in [0.25, 0.3) is 0 Å². The Bertz CT molecular complexity index is 922. The minimum absolute atomic E-state index is 0.159. The fraction of sp³-hybridized carbons (Fsp3) is 0.238. The molecule has 7 nitrogen and oxygen atoms in total. The molecule has 7 heteroatoms. The highest BCUT2D eigenvalue weighted by atomic mass is 16.5. The minimum atomic E-state index is -0.708. The minimum Gasteiger partial charge on any atom is -0.452 e. The Labute approximate surface area is 162 Å². The van der Waals surface area contributed by atoms with Gasteiger partial charge in [0.15, 0.2) is 6.61 Å². The summed E-state index contributed by atoms with van der Waals surface area (Å²) in [5.41, 5.74) is 2.14. The van der Waals surface area contributed by atoms with Gasteiger partial charge in [-0.25, -0.2) is 4.79 Å². The van der Waals surface area contributed by atoms with Crippen molar-refractivity contribution in [2.45, 2.75) is 26.2 Å². The predicted octanol–water partition coefficient (Wildman–Crippen LogP) is 2.70. The van der Waals surface area contributed by atoms with E-state index >= 15 is 0 Å². The van der Waals surface area contributed by atoms with Crippen molar-refractivity contribution < 1.29 is 23.9 Å². The Kier molecular flexibility index (Phi) is 5.84. The molecule has 1 heterocycles. The number of anilines is 2. The van der Waals surface area contributed by atoms with E-state index < -0.39 is 18.5 Å². The summed E-state index contributed by atoms with van der Waals surface area (Å²) in [5, 5.41) is 2.72. The molecule has 28 heavy (non-hydrogen) atoms. The summed E-state index contributed by atoms with van der Waals surface area (Å²) < 4.78 is 5.07. The highest BCUT2D eigenvalue weighted by Crippen LogP contribution is 2.23. The lowest BCUT2D eigenvalue weighted by atomic mass is 10.1. The lowest BCUT2D eigenvalue weighted by molar-refractivity contribution is -0.121.